The Balaban J connectivity index is 1.91. The lowest BCUT2D eigenvalue weighted by atomic mass is 9.86. The molecule has 2 aromatic carbocycles. The molecule has 1 aliphatic heterocycles. The molecule has 0 radical (unpaired) electrons. The van der Waals surface area contributed by atoms with Gasteiger partial charge in [-0.05, 0) is 58.5 Å². The smallest absolute Gasteiger partial charge is 0.334 e. The highest BCUT2D eigenvalue weighted by atomic mass is 16.6. The number of benzene rings is 2. The van der Waals surface area contributed by atoms with Crippen molar-refractivity contribution in [1.82, 2.24) is 5.32 Å². The highest BCUT2D eigenvalue weighted by molar-refractivity contribution is 6.01. The van der Waals surface area contributed by atoms with Gasteiger partial charge in [0.25, 0.3) is 0 Å². The molecule has 0 spiro atoms. The summed E-state index contributed by atoms with van der Waals surface area (Å²) in [4.78, 5) is 26.0. The number of ether oxygens (including phenoxy) is 2. The Bertz CT molecular complexity index is 1440. The molecule has 1 unspecified atom stereocenters. The third-order valence-electron chi connectivity index (χ3n) is 6.57. The molecule has 1 aliphatic rings. The van der Waals surface area contributed by atoms with Crippen LogP contribution in [0.15, 0.2) is 51.2 Å². The van der Waals surface area contributed by atoms with Crippen LogP contribution in [0.3, 0.4) is 0 Å². The molecule has 0 bridgehead atoms. The van der Waals surface area contributed by atoms with Gasteiger partial charge >= 0.3 is 5.97 Å². The van der Waals surface area contributed by atoms with Crippen LogP contribution >= 0.6 is 0 Å². The number of aromatic hydroxyl groups is 2. The number of esters is 1. The summed E-state index contributed by atoms with van der Waals surface area (Å²) in [7, 11) is 1.80. The van der Waals surface area contributed by atoms with Crippen molar-refractivity contribution in [2.24, 2.45) is 0 Å². The third-order valence-corrected chi connectivity index (χ3v) is 6.57. The van der Waals surface area contributed by atoms with Crippen molar-refractivity contribution < 1.29 is 34.0 Å². The Morgan fingerprint density at radius 2 is 2.03 bits per heavy atom. The fraction of sp³-hybridized carbons (Fsp3) is 0.357. The quantitative estimate of drug-likeness (QED) is 0.278. The van der Waals surface area contributed by atoms with Crippen LogP contribution in [0.4, 0.5) is 0 Å². The van der Waals surface area contributed by atoms with Gasteiger partial charge in [-0.3, -0.25) is 4.79 Å². The van der Waals surface area contributed by atoms with Crippen molar-refractivity contribution in [3.05, 3.63) is 63.5 Å². The Morgan fingerprint density at radius 3 is 2.68 bits per heavy atom. The van der Waals surface area contributed by atoms with E-state index in [1.54, 1.807) is 46.0 Å². The fourth-order valence-corrected chi connectivity index (χ4v) is 4.53. The van der Waals surface area contributed by atoms with Crippen molar-refractivity contribution >= 4 is 16.9 Å². The molecule has 4 N–H and O–H groups in total. The molecule has 1 atom stereocenters. The van der Waals surface area contributed by atoms with E-state index in [4.69, 9.17) is 13.9 Å². The van der Waals surface area contributed by atoms with Crippen LogP contribution in [-0.4, -0.2) is 46.6 Å². The van der Waals surface area contributed by atoms with E-state index in [1.165, 1.54) is 12.1 Å². The van der Waals surface area contributed by atoms with Gasteiger partial charge in [0.1, 0.15) is 46.7 Å². The molecule has 0 saturated carbocycles. The monoisotopic (exact) mass is 509 g/mol. The number of aliphatic hydroxyl groups excluding tert-OH is 1. The maximum absolute atomic E-state index is 13.0. The van der Waals surface area contributed by atoms with E-state index >= 15 is 0 Å². The summed E-state index contributed by atoms with van der Waals surface area (Å²) in [5.41, 5.74) is 0.0636. The van der Waals surface area contributed by atoms with E-state index in [1.807, 2.05) is 0 Å². The van der Waals surface area contributed by atoms with Crippen LogP contribution in [0.5, 0.6) is 17.2 Å². The average molecular weight is 510 g/mol. The topological polar surface area (TPSA) is 138 Å². The predicted molar refractivity (Wildman–Crippen MR) is 138 cm³/mol. The summed E-state index contributed by atoms with van der Waals surface area (Å²) < 4.78 is 18.1. The molecule has 1 aromatic heterocycles. The van der Waals surface area contributed by atoms with E-state index in [0.717, 1.165) is 6.07 Å². The van der Waals surface area contributed by atoms with Gasteiger partial charge in [0, 0.05) is 23.6 Å². The van der Waals surface area contributed by atoms with Gasteiger partial charge in [0.05, 0.1) is 5.56 Å². The number of phenolic OH excluding ortho intramolecular Hbond substituents is 2. The minimum Gasteiger partial charge on any atom is -0.508 e. The number of aliphatic hydroxyl groups is 1. The van der Waals surface area contributed by atoms with E-state index in [9.17, 15) is 24.9 Å². The number of nitrogens with one attached hydrogen (secondary N) is 1. The molecule has 2 heterocycles. The minimum absolute atomic E-state index is 0.0144. The van der Waals surface area contributed by atoms with Gasteiger partial charge in [-0.1, -0.05) is 18.2 Å². The molecule has 0 fully saturated rings. The molecular formula is C28H31NO8. The molecule has 196 valence electrons. The minimum atomic E-state index is -1.02. The van der Waals surface area contributed by atoms with Crippen LogP contribution < -0.4 is 15.5 Å². The maximum Gasteiger partial charge on any atom is 0.334 e. The zero-order valence-electron chi connectivity index (χ0n) is 21.3. The molecule has 9 nitrogen and oxygen atoms in total. The number of allylic oxidation sites excluding steroid dienone is 1. The predicted octanol–water partition coefficient (Wildman–Crippen LogP) is 3.54. The van der Waals surface area contributed by atoms with Crippen molar-refractivity contribution in [3.8, 4) is 28.4 Å². The molecule has 3 aromatic rings. The van der Waals surface area contributed by atoms with Gasteiger partial charge in [-0.15, -0.1) is 0 Å². The van der Waals surface area contributed by atoms with Gasteiger partial charge in [0.15, 0.2) is 11.0 Å². The second kappa shape index (κ2) is 10.3. The highest BCUT2D eigenvalue weighted by Crippen LogP contribution is 2.50. The van der Waals surface area contributed by atoms with Crippen molar-refractivity contribution in [2.45, 2.75) is 51.9 Å². The van der Waals surface area contributed by atoms with E-state index in [2.05, 4.69) is 5.32 Å². The Morgan fingerprint density at radius 1 is 1.27 bits per heavy atom. The van der Waals surface area contributed by atoms with E-state index < -0.39 is 29.7 Å². The van der Waals surface area contributed by atoms with E-state index in [-0.39, 0.29) is 46.0 Å². The molecule has 0 saturated heterocycles. The number of phenols is 2. The lowest BCUT2D eigenvalue weighted by Crippen LogP contribution is -2.49. The van der Waals surface area contributed by atoms with E-state index in [0.29, 0.717) is 29.7 Å². The fourth-order valence-electron chi connectivity index (χ4n) is 4.53. The Kier molecular flexibility index (Phi) is 7.29. The standard InChI is InChI=1S/C28H31NO8/c1-5-15(9-10-29-4)27(34)36-21-13-19-24(33)23-20(32)12-18(14-30)35-26(23)22(25(19)37-28(21,2)3)16-7-6-8-17(31)11-16/h5-8,11-12,21,29-31,33H,9-10,13-14H2,1-4H3. The molecule has 0 amide bonds. The van der Waals surface area contributed by atoms with Gasteiger partial charge in [-0.25, -0.2) is 4.79 Å². The summed E-state index contributed by atoms with van der Waals surface area (Å²) in [5.74, 6) is -0.586. The van der Waals surface area contributed by atoms with Crippen molar-refractivity contribution in [1.29, 1.82) is 0 Å². The second-order valence-electron chi connectivity index (χ2n) is 9.49. The Labute approximate surface area is 214 Å². The zero-order chi connectivity index (χ0) is 26.9. The molecule has 9 heteroatoms. The van der Waals surface area contributed by atoms with Crippen molar-refractivity contribution in [2.75, 3.05) is 13.6 Å². The summed E-state index contributed by atoms with van der Waals surface area (Å²) >= 11 is 0. The normalized spacial score (nSPS) is 16.8. The van der Waals surface area contributed by atoms with Gasteiger partial charge in [-0.2, -0.15) is 0 Å². The summed E-state index contributed by atoms with van der Waals surface area (Å²) in [6.07, 6.45) is 1.49. The lowest BCUT2D eigenvalue weighted by Gasteiger charge is -2.40. The van der Waals surface area contributed by atoms with Crippen LogP contribution in [-0.2, 0) is 22.6 Å². The summed E-state index contributed by atoms with van der Waals surface area (Å²) in [6, 6.07) is 7.44. The number of fused-ring (bicyclic) bond motifs is 2. The number of hydrogen-bond acceptors (Lipinski definition) is 9. The molecule has 37 heavy (non-hydrogen) atoms. The molecule has 0 aliphatic carbocycles. The van der Waals surface area contributed by atoms with Crippen LogP contribution in [0, 0.1) is 0 Å². The summed E-state index contributed by atoms with van der Waals surface area (Å²) in [5, 5.41) is 33.9. The first-order valence-electron chi connectivity index (χ1n) is 12.1. The number of rotatable bonds is 7. The third kappa shape index (κ3) is 4.92. The molecule has 4 rings (SSSR count). The second-order valence-corrected chi connectivity index (χ2v) is 9.49. The SMILES string of the molecule is CC=C(CCNC)C(=O)OC1Cc2c(c(-c3cccc(O)c3)c3oc(CO)cc(=O)c3c2O)OC1(C)C. The largest absolute Gasteiger partial charge is 0.508 e. The first-order chi connectivity index (χ1) is 17.6. The van der Waals surface area contributed by atoms with Crippen LogP contribution in [0.1, 0.15) is 38.5 Å². The first kappa shape index (κ1) is 26.2. The Hall–Kier alpha value is -3.82. The van der Waals surface area contributed by atoms with Crippen LogP contribution in [0.2, 0.25) is 0 Å². The number of carbonyl (C=O) groups is 1. The van der Waals surface area contributed by atoms with Gasteiger partial charge < -0.3 is 34.5 Å². The lowest BCUT2D eigenvalue weighted by molar-refractivity contribution is -0.156. The van der Waals surface area contributed by atoms with Crippen molar-refractivity contribution in [3.63, 3.8) is 0 Å². The first-order valence-corrected chi connectivity index (χ1v) is 12.1. The van der Waals surface area contributed by atoms with Crippen LogP contribution in [0.25, 0.3) is 22.1 Å². The van der Waals surface area contributed by atoms with Gasteiger partial charge in [0.2, 0.25) is 0 Å². The average Bonchev–Trinajstić information content (AvgIpc) is 2.85. The number of hydrogen-bond donors (Lipinski definition) is 4. The zero-order valence-corrected chi connectivity index (χ0v) is 21.3. The highest BCUT2D eigenvalue weighted by Gasteiger charge is 2.43. The molecular weight excluding hydrogens is 478 g/mol. The number of carbonyl (C=O) groups excluding carboxylic acids is 1. The maximum atomic E-state index is 13.0. The summed E-state index contributed by atoms with van der Waals surface area (Å²) in [6.45, 7) is 5.39.